The maximum atomic E-state index is 13.6. The number of imide groups is 1. The number of carbonyl (C=O) groups excluding carboxylic acids is 2. The molecule has 0 N–H and O–H groups in total. The smallest absolute Gasteiger partial charge is 0.278 e. The van der Waals surface area contributed by atoms with E-state index in [0.717, 1.165) is 22.4 Å². The molecule has 0 atom stereocenters. The van der Waals surface area contributed by atoms with Crippen LogP contribution in [0.1, 0.15) is 29.3 Å². The van der Waals surface area contributed by atoms with Gasteiger partial charge < -0.3 is 4.90 Å². The summed E-state index contributed by atoms with van der Waals surface area (Å²) in [5, 5.41) is 0. The lowest BCUT2D eigenvalue weighted by atomic mass is 9.99. The van der Waals surface area contributed by atoms with Crippen LogP contribution < -0.4 is 4.90 Å². The van der Waals surface area contributed by atoms with Crippen molar-refractivity contribution in [1.29, 1.82) is 0 Å². The lowest BCUT2D eigenvalue weighted by Crippen LogP contribution is -2.35. The molecular formula is C26H25N3O2. The van der Waals surface area contributed by atoms with Crippen LogP contribution in [-0.2, 0) is 16.1 Å². The van der Waals surface area contributed by atoms with Crippen LogP contribution in [0.25, 0.3) is 5.57 Å². The number of anilines is 1. The van der Waals surface area contributed by atoms with Gasteiger partial charge >= 0.3 is 0 Å². The maximum absolute atomic E-state index is 13.6. The molecule has 1 aromatic heterocycles. The first-order valence-corrected chi connectivity index (χ1v) is 10.4. The van der Waals surface area contributed by atoms with Crippen LogP contribution in [0.4, 0.5) is 5.69 Å². The van der Waals surface area contributed by atoms with E-state index < -0.39 is 0 Å². The number of hydrogen-bond acceptors (Lipinski definition) is 4. The van der Waals surface area contributed by atoms with Gasteiger partial charge in [0.15, 0.2) is 0 Å². The van der Waals surface area contributed by atoms with E-state index in [9.17, 15) is 9.59 Å². The predicted molar refractivity (Wildman–Crippen MR) is 122 cm³/mol. The van der Waals surface area contributed by atoms with Gasteiger partial charge in [0, 0.05) is 18.4 Å². The van der Waals surface area contributed by atoms with E-state index in [4.69, 9.17) is 0 Å². The minimum Gasteiger partial charge on any atom is -0.337 e. The molecule has 1 aliphatic heterocycles. The molecule has 1 aliphatic rings. The van der Waals surface area contributed by atoms with Crippen molar-refractivity contribution in [2.45, 2.75) is 27.3 Å². The summed E-state index contributed by atoms with van der Waals surface area (Å²) in [4.78, 5) is 34.7. The second-order valence-electron chi connectivity index (χ2n) is 7.62. The van der Waals surface area contributed by atoms with Crippen LogP contribution in [0.3, 0.4) is 0 Å². The fraction of sp³-hybridized carbons (Fsp3) is 0.192. The molecule has 0 unspecified atom stereocenters. The minimum atomic E-state index is -0.297. The minimum absolute atomic E-state index is 0.142. The number of nitrogens with zero attached hydrogens (tertiary/aromatic N) is 3. The topological polar surface area (TPSA) is 53.5 Å². The summed E-state index contributed by atoms with van der Waals surface area (Å²) in [6.45, 7) is 6.73. The van der Waals surface area contributed by atoms with Crippen molar-refractivity contribution in [3.05, 3.63) is 101 Å². The zero-order valence-corrected chi connectivity index (χ0v) is 18.0. The van der Waals surface area contributed by atoms with Crippen molar-refractivity contribution in [2.24, 2.45) is 0 Å². The molecule has 0 fully saturated rings. The molecule has 2 aromatic carbocycles. The zero-order valence-electron chi connectivity index (χ0n) is 18.0. The molecule has 0 saturated carbocycles. The molecule has 5 heteroatoms. The Kier molecular flexibility index (Phi) is 5.67. The molecule has 0 radical (unpaired) electrons. The molecule has 2 amide bonds. The van der Waals surface area contributed by atoms with E-state index in [1.54, 1.807) is 6.20 Å². The highest BCUT2D eigenvalue weighted by atomic mass is 16.2. The largest absolute Gasteiger partial charge is 0.337 e. The first kappa shape index (κ1) is 20.5. The lowest BCUT2D eigenvalue weighted by molar-refractivity contribution is -0.137. The van der Waals surface area contributed by atoms with Gasteiger partial charge in [-0.2, -0.15) is 0 Å². The van der Waals surface area contributed by atoms with Crippen molar-refractivity contribution in [3.63, 3.8) is 0 Å². The number of pyridine rings is 1. The molecule has 3 aromatic rings. The van der Waals surface area contributed by atoms with E-state index in [0.29, 0.717) is 23.5 Å². The normalized spacial score (nSPS) is 13.8. The quantitative estimate of drug-likeness (QED) is 0.560. The van der Waals surface area contributed by atoms with Gasteiger partial charge in [0.2, 0.25) is 0 Å². The van der Waals surface area contributed by atoms with Gasteiger partial charge in [0.1, 0.15) is 5.70 Å². The van der Waals surface area contributed by atoms with Gasteiger partial charge in [-0.3, -0.25) is 19.5 Å². The first-order valence-electron chi connectivity index (χ1n) is 10.4. The highest BCUT2D eigenvalue weighted by Gasteiger charge is 2.41. The number of carbonyl (C=O) groups is 2. The Balaban J connectivity index is 1.85. The van der Waals surface area contributed by atoms with Crippen molar-refractivity contribution >= 4 is 23.1 Å². The van der Waals surface area contributed by atoms with Crippen LogP contribution in [0.2, 0.25) is 0 Å². The zero-order chi connectivity index (χ0) is 22.0. The van der Waals surface area contributed by atoms with Gasteiger partial charge in [-0.25, -0.2) is 0 Å². The van der Waals surface area contributed by atoms with Crippen molar-refractivity contribution in [1.82, 2.24) is 9.88 Å². The number of rotatable bonds is 6. The van der Waals surface area contributed by atoms with Gasteiger partial charge in [0.05, 0.1) is 17.8 Å². The number of amides is 2. The summed E-state index contributed by atoms with van der Waals surface area (Å²) < 4.78 is 0. The third-order valence-electron chi connectivity index (χ3n) is 5.64. The standard InChI is InChI=1S/C26H25N3O2/c1-4-28(22-11-6-5-7-12-22)24-23(20-14-13-18(2)19(3)16-20)25(30)29(26(24)31)17-21-10-8-9-15-27-21/h5-16H,4,17H2,1-3H3. The van der Waals surface area contributed by atoms with E-state index in [-0.39, 0.29) is 18.4 Å². The predicted octanol–water partition coefficient (Wildman–Crippen LogP) is 4.51. The molecule has 0 aliphatic carbocycles. The number of likely N-dealkylation sites (N-methyl/N-ethyl adjacent to an activating group) is 1. The average Bonchev–Trinajstić information content (AvgIpc) is 3.03. The fourth-order valence-electron chi connectivity index (χ4n) is 3.85. The van der Waals surface area contributed by atoms with Gasteiger partial charge in [0.25, 0.3) is 11.8 Å². The van der Waals surface area contributed by atoms with Crippen LogP contribution in [0.15, 0.2) is 78.6 Å². The number of para-hydroxylation sites is 1. The van der Waals surface area contributed by atoms with Crippen LogP contribution in [-0.4, -0.2) is 28.2 Å². The molecule has 0 bridgehead atoms. The molecule has 31 heavy (non-hydrogen) atoms. The molecule has 4 rings (SSSR count). The second-order valence-corrected chi connectivity index (χ2v) is 7.62. The Labute approximate surface area is 182 Å². The Bertz CT molecular complexity index is 1150. The average molecular weight is 412 g/mol. The summed E-state index contributed by atoms with van der Waals surface area (Å²) in [6.07, 6.45) is 1.67. The Morgan fingerprint density at radius 2 is 1.61 bits per heavy atom. The highest BCUT2D eigenvalue weighted by Crippen LogP contribution is 2.35. The SMILES string of the molecule is CCN(C1=C(c2ccc(C)c(C)c2)C(=O)N(Cc2ccccn2)C1=O)c1ccccc1. The number of aryl methyl sites for hydroxylation is 2. The van der Waals surface area contributed by atoms with E-state index in [1.165, 1.54) is 4.90 Å². The number of benzene rings is 2. The highest BCUT2D eigenvalue weighted by molar-refractivity contribution is 6.36. The molecule has 2 heterocycles. The molecule has 156 valence electrons. The molecular weight excluding hydrogens is 386 g/mol. The Morgan fingerprint density at radius 1 is 0.871 bits per heavy atom. The van der Waals surface area contributed by atoms with Crippen LogP contribution in [0, 0.1) is 13.8 Å². The fourth-order valence-corrected chi connectivity index (χ4v) is 3.85. The third-order valence-corrected chi connectivity index (χ3v) is 5.64. The Morgan fingerprint density at radius 3 is 2.26 bits per heavy atom. The maximum Gasteiger partial charge on any atom is 0.278 e. The summed E-state index contributed by atoms with van der Waals surface area (Å²) in [5.41, 5.74) is 5.38. The van der Waals surface area contributed by atoms with Crippen LogP contribution >= 0.6 is 0 Å². The van der Waals surface area contributed by atoms with Gasteiger partial charge in [-0.1, -0.05) is 42.5 Å². The second kappa shape index (κ2) is 8.56. The van der Waals surface area contributed by atoms with Crippen molar-refractivity contribution in [2.75, 3.05) is 11.4 Å². The molecule has 0 saturated heterocycles. The molecule has 5 nitrogen and oxygen atoms in total. The van der Waals surface area contributed by atoms with E-state index in [2.05, 4.69) is 4.98 Å². The van der Waals surface area contributed by atoms with Crippen molar-refractivity contribution < 1.29 is 9.59 Å². The van der Waals surface area contributed by atoms with Gasteiger partial charge in [-0.05, 0) is 61.7 Å². The Hall–Kier alpha value is -3.73. The molecule has 0 spiro atoms. The van der Waals surface area contributed by atoms with Crippen LogP contribution in [0.5, 0.6) is 0 Å². The van der Waals surface area contributed by atoms with E-state index in [1.807, 2.05) is 92.4 Å². The number of aromatic nitrogens is 1. The summed E-state index contributed by atoms with van der Waals surface area (Å²) in [6, 6.07) is 21.1. The first-order chi connectivity index (χ1) is 15.0. The third kappa shape index (κ3) is 3.87. The summed E-state index contributed by atoms with van der Waals surface area (Å²) in [7, 11) is 0. The van der Waals surface area contributed by atoms with E-state index >= 15 is 0 Å². The van der Waals surface area contributed by atoms with Crippen molar-refractivity contribution in [3.8, 4) is 0 Å². The summed E-state index contributed by atoms with van der Waals surface area (Å²) >= 11 is 0. The monoisotopic (exact) mass is 411 g/mol. The summed E-state index contributed by atoms with van der Waals surface area (Å²) in [5.74, 6) is -0.585. The lowest BCUT2D eigenvalue weighted by Gasteiger charge is -2.25. The number of hydrogen-bond donors (Lipinski definition) is 0. The van der Waals surface area contributed by atoms with Gasteiger partial charge in [-0.15, -0.1) is 0 Å².